The van der Waals surface area contributed by atoms with E-state index in [4.69, 9.17) is 5.11 Å². The number of phenolic OH excluding ortho intramolecular Hbond substituents is 1. The fourth-order valence-corrected chi connectivity index (χ4v) is 2.44. The molecule has 0 amide bonds. The summed E-state index contributed by atoms with van der Waals surface area (Å²) in [5, 5.41) is 18.5. The van der Waals surface area contributed by atoms with Crippen LogP contribution in [0.15, 0.2) is 23.2 Å². The SMILES string of the molecule is O=C(O)C1CSC(c2c(O)cccc2F)=N1. The normalized spacial score (nSPS) is 19.6. The minimum atomic E-state index is -1.04. The molecule has 0 aliphatic carbocycles. The maximum absolute atomic E-state index is 13.4. The largest absolute Gasteiger partial charge is 0.507 e. The van der Waals surface area contributed by atoms with Crippen molar-refractivity contribution in [3.8, 4) is 5.75 Å². The van der Waals surface area contributed by atoms with Crippen LogP contribution in [0.3, 0.4) is 0 Å². The molecule has 1 aromatic carbocycles. The average Bonchev–Trinajstić information content (AvgIpc) is 2.66. The second-order valence-electron chi connectivity index (χ2n) is 3.23. The van der Waals surface area contributed by atoms with Gasteiger partial charge >= 0.3 is 5.97 Å². The predicted molar refractivity (Wildman–Crippen MR) is 58.5 cm³/mol. The molecular formula is C10H8FNO3S. The minimum Gasteiger partial charge on any atom is -0.507 e. The summed E-state index contributed by atoms with van der Waals surface area (Å²) in [6, 6.07) is 3.06. The molecule has 84 valence electrons. The Labute approximate surface area is 94.8 Å². The summed E-state index contributed by atoms with van der Waals surface area (Å²) in [6.07, 6.45) is 0. The summed E-state index contributed by atoms with van der Waals surface area (Å²) in [5.74, 6) is -1.61. The molecule has 0 aromatic heterocycles. The molecule has 6 heteroatoms. The van der Waals surface area contributed by atoms with Crippen molar-refractivity contribution in [1.82, 2.24) is 0 Å². The van der Waals surface area contributed by atoms with Gasteiger partial charge in [0.15, 0.2) is 6.04 Å². The van der Waals surface area contributed by atoms with Gasteiger partial charge in [-0.2, -0.15) is 0 Å². The van der Waals surface area contributed by atoms with Crippen molar-refractivity contribution in [2.75, 3.05) is 5.75 Å². The zero-order valence-electron chi connectivity index (χ0n) is 8.05. The molecule has 1 heterocycles. The van der Waals surface area contributed by atoms with Crippen LogP contribution in [0.2, 0.25) is 0 Å². The molecule has 0 radical (unpaired) electrons. The van der Waals surface area contributed by atoms with Gasteiger partial charge in [0.1, 0.15) is 16.6 Å². The van der Waals surface area contributed by atoms with E-state index >= 15 is 0 Å². The fourth-order valence-electron chi connectivity index (χ4n) is 1.36. The number of carbonyl (C=O) groups is 1. The zero-order valence-corrected chi connectivity index (χ0v) is 8.87. The van der Waals surface area contributed by atoms with E-state index in [2.05, 4.69) is 4.99 Å². The van der Waals surface area contributed by atoms with Gasteiger partial charge in [0, 0.05) is 5.75 Å². The molecule has 1 aliphatic rings. The van der Waals surface area contributed by atoms with Crippen molar-refractivity contribution in [2.24, 2.45) is 4.99 Å². The molecule has 0 saturated carbocycles. The van der Waals surface area contributed by atoms with E-state index in [1.165, 1.54) is 18.2 Å². The summed E-state index contributed by atoms with van der Waals surface area (Å²) in [6.45, 7) is 0. The number of hydrogen-bond donors (Lipinski definition) is 2. The number of rotatable bonds is 2. The Morgan fingerprint density at radius 1 is 1.56 bits per heavy atom. The third-order valence-corrected chi connectivity index (χ3v) is 3.21. The van der Waals surface area contributed by atoms with Crippen LogP contribution >= 0.6 is 11.8 Å². The average molecular weight is 241 g/mol. The lowest BCUT2D eigenvalue weighted by Crippen LogP contribution is -2.17. The first-order valence-corrected chi connectivity index (χ1v) is 5.49. The van der Waals surface area contributed by atoms with E-state index < -0.39 is 17.8 Å². The van der Waals surface area contributed by atoms with Crippen molar-refractivity contribution in [2.45, 2.75) is 6.04 Å². The zero-order chi connectivity index (χ0) is 11.7. The van der Waals surface area contributed by atoms with Gasteiger partial charge < -0.3 is 10.2 Å². The van der Waals surface area contributed by atoms with Crippen LogP contribution in [0.4, 0.5) is 4.39 Å². The second kappa shape index (κ2) is 4.13. The van der Waals surface area contributed by atoms with Gasteiger partial charge in [-0.05, 0) is 12.1 Å². The van der Waals surface area contributed by atoms with Gasteiger partial charge in [0.05, 0.1) is 5.56 Å². The van der Waals surface area contributed by atoms with E-state index in [1.54, 1.807) is 0 Å². The van der Waals surface area contributed by atoms with Crippen LogP contribution in [-0.4, -0.2) is 33.0 Å². The quantitative estimate of drug-likeness (QED) is 0.822. The maximum Gasteiger partial charge on any atom is 0.329 e. The van der Waals surface area contributed by atoms with E-state index in [0.717, 1.165) is 11.8 Å². The summed E-state index contributed by atoms with van der Waals surface area (Å²) in [7, 11) is 0. The smallest absolute Gasteiger partial charge is 0.329 e. The summed E-state index contributed by atoms with van der Waals surface area (Å²) in [4.78, 5) is 14.5. The lowest BCUT2D eigenvalue weighted by molar-refractivity contribution is -0.137. The highest BCUT2D eigenvalue weighted by atomic mass is 32.2. The highest BCUT2D eigenvalue weighted by molar-refractivity contribution is 8.14. The van der Waals surface area contributed by atoms with Gasteiger partial charge in [0.25, 0.3) is 0 Å². The van der Waals surface area contributed by atoms with E-state index in [1.807, 2.05) is 0 Å². The van der Waals surface area contributed by atoms with Crippen molar-refractivity contribution in [3.05, 3.63) is 29.6 Å². The molecule has 1 atom stereocenters. The number of carboxylic acids is 1. The van der Waals surface area contributed by atoms with Crippen LogP contribution in [0.5, 0.6) is 5.75 Å². The number of carboxylic acid groups (broad SMARTS) is 1. The first-order valence-electron chi connectivity index (χ1n) is 4.51. The Balaban J connectivity index is 2.39. The first-order chi connectivity index (χ1) is 7.59. The lowest BCUT2D eigenvalue weighted by atomic mass is 10.2. The summed E-state index contributed by atoms with van der Waals surface area (Å²) < 4.78 is 13.4. The van der Waals surface area contributed by atoms with Gasteiger partial charge in [-0.3, -0.25) is 4.99 Å². The van der Waals surface area contributed by atoms with Crippen molar-refractivity contribution in [1.29, 1.82) is 0 Å². The lowest BCUT2D eigenvalue weighted by Gasteiger charge is -2.03. The third kappa shape index (κ3) is 1.88. The fraction of sp³-hybridized carbons (Fsp3) is 0.200. The number of nitrogens with zero attached hydrogens (tertiary/aromatic N) is 1. The Morgan fingerprint density at radius 3 is 2.88 bits per heavy atom. The van der Waals surface area contributed by atoms with Crippen molar-refractivity contribution in [3.63, 3.8) is 0 Å². The monoisotopic (exact) mass is 241 g/mol. The van der Waals surface area contributed by atoms with Crippen LogP contribution < -0.4 is 0 Å². The van der Waals surface area contributed by atoms with E-state index in [9.17, 15) is 14.3 Å². The number of aliphatic imine (C=N–C) groups is 1. The van der Waals surface area contributed by atoms with Gasteiger partial charge in [0.2, 0.25) is 0 Å². The topological polar surface area (TPSA) is 69.9 Å². The molecule has 0 fully saturated rings. The number of hydrogen-bond acceptors (Lipinski definition) is 4. The van der Waals surface area contributed by atoms with Gasteiger partial charge in [-0.1, -0.05) is 6.07 Å². The molecule has 2 N–H and O–H groups in total. The number of aliphatic carboxylic acids is 1. The highest BCUT2D eigenvalue weighted by Gasteiger charge is 2.27. The number of phenols is 1. The van der Waals surface area contributed by atoms with E-state index in [0.29, 0.717) is 0 Å². The minimum absolute atomic E-state index is 0.0174. The predicted octanol–water partition coefficient (Wildman–Crippen LogP) is 1.48. The number of benzene rings is 1. The van der Waals surface area contributed by atoms with Crippen LogP contribution in [0.1, 0.15) is 5.56 Å². The van der Waals surface area contributed by atoms with Crippen molar-refractivity contribution < 1.29 is 19.4 Å². The maximum atomic E-state index is 13.4. The number of thioether (sulfide) groups is 1. The van der Waals surface area contributed by atoms with Crippen LogP contribution in [0, 0.1) is 5.82 Å². The molecule has 1 unspecified atom stereocenters. The Bertz CT molecular complexity index is 455. The second-order valence-corrected chi connectivity index (χ2v) is 4.24. The molecule has 1 aliphatic heterocycles. The Morgan fingerprint density at radius 2 is 2.31 bits per heavy atom. The van der Waals surface area contributed by atoms with Gasteiger partial charge in [-0.15, -0.1) is 11.8 Å². The van der Waals surface area contributed by atoms with Crippen LogP contribution in [-0.2, 0) is 4.79 Å². The molecule has 0 saturated heterocycles. The summed E-state index contributed by atoms with van der Waals surface area (Å²) >= 11 is 1.13. The first kappa shape index (κ1) is 10.9. The molecule has 2 rings (SSSR count). The molecule has 16 heavy (non-hydrogen) atoms. The van der Waals surface area contributed by atoms with Crippen LogP contribution in [0.25, 0.3) is 0 Å². The summed E-state index contributed by atoms with van der Waals surface area (Å²) in [5.41, 5.74) is -0.0174. The highest BCUT2D eigenvalue weighted by Crippen LogP contribution is 2.30. The molecule has 0 bridgehead atoms. The molecule has 0 spiro atoms. The number of halogens is 1. The molecular weight excluding hydrogens is 233 g/mol. The Hall–Kier alpha value is -1.56. The Kier molecular flexibility index (Phi) is 2.82. The van der Waals surface area contributed by atoms with Crippen molar-refractivity contribution >= 4 is 22.8 Å². The van der Waals surface area contributed by atoms with E-state index in [-0.39, 0.29) is 22.1 Å². The molecule has 4 nitrogen and oxygen atoms in total. The van der Waals surface area contributed by atoms with Gasteiger partial charge in [-0.25, -0.2) is 9.18 Å². The standard InChI is InChI=1S/C10H8FNO3S/c11-5-2-1-3-7(13)8(5)9-12-6(4-16-9)10(14)15/h1-3,6,13H,4H2,(H,14,15). The number of aromatic hydroxyl groups is 1. The molecule has 1 aromatic rings. The third-order valence-electron chi connectivity index (χ3n) is 2.14.